The van der Waals surface area contributed by atoms with Crippen LogP contribution in [0.15, 0.2) is 24.3 Å². The maximum Gasteiger partial charge on any atom is 0.306 e. The second-order valence-corrected chi connectivity index (χ2v) is 18.7. The van der Waals surface area contributed by atoms with E-state index in [0.717, 1.165) is 44.9 Å². The van der Waals surface area contributed by atoms with Gasteiger partial charge >= 0.3 is 11.9 Å². The zero-order chi connectivity index (χ0) is 44.2. The fourth-order valence-electron chi connectivity index (χ4n) is 8.31. The predicted molar refractivity (Wildman–Crippen MR) is 265 cm³/mol. The minimum absolute atomic E-state index is 0.0650. The second-order valence-electron chi connectivity index (χ2n) is 18.7. The fraction of sp³-hybridized carbons (Fsp3) is 0.893. The van der Waals surface area contributed by atoms with E-state index in [1.165, 1.54) is 231 Å². The van der Waals surface area contributed by atoms with Gasteiger partial charge in [0, 0.05) is 12.8 Å². The van der Waals surface area contributed by atoms with Gasteiger partial charge in [0.1, 0.15) is 6.61 Å². The van der Waals surface area contributed by atoms with Crippen molar-refractivity contribution < 1.29 is 24.2 Å². The summed E-state index contributed by atoms with van der Waals surface area (Å²) in [6.07, 6.45) is 65.9. The molecule has 0 aromatic heterocycles. The lowest BCUT2D eigenvalue weighted by molar-refractivity contribution is -0.161. The average Bonchev–Trinajstić information content (AvgIpc) is 3.26. The van der Waals surface area contributed by atoms with Gasteiger partial charge in [-0.05, 0) is 64.2 Å². The third-order valence-corrected chi connectivity index (χ3v) is 12.5. The third-order valence-electron chi connectivity index (χ3n) is 12.5. The van der Waals surface area contributed by atoms with Gasteiger partial charge in [-0.2, -0.15) is 0 Å². The molecule has 0 rings (SSSR count). The van der Waals surface area contributed by atoms with Gasteiger partial charge in [0.05, 0.1) is 6.61 Å². The summed E-state index contributed by atoms with van der Waals surface area (Å²) in [4.78, 5) is 24.4. The third kappa shape index (κ3) is 50.9. The topological polar surface area (TPSA) is 72.8 Å². The summed E-state index contributed by atoms with van der Waals surface area (Å²) in [5, 5.41) is 9.62. The molecule has 1 N–H and O–H groups in total. The lowest BCUT2D eigenvalue weighted by Gasteiger charge is -2.15. The Balaban J connectivity index is 3.39. The molecular formula is C56H106O5. The number of esters is 2. The molecule has 1 unspecified atom stereocenters. The molecule has 0 aromatic carbocycles. The van der Waals surface area contributed by atoms with Crippen LogP contribution in [0.2, 0.25) is 0 Å². The monoisotopic (exact) mass is 859 g/mol. The van der Waals surface area contributed by atoms with E-state index in [4.69, 9.17) is 9.47 Å². The number of unbranched alkanes of at least 4 members (excludes halogenated alkanes) is 39. The predicted octanol–water partition coefficient (Wildman–Crippen LogP) is 18.1. The Labute approximate surface area is 381 Å². The number of aliphatic hydroxyl groups excluding tert-OH is 1. The van der Waals surface area contributed by atoms with E-state index in [1.807, 2.05) is 0 Å². The van der Waals surface area contributed by atoms with E-state index in [1.54, 1.807) is 0 Å². The summed E-state index contributed by atoms with van der Waals surface area (Å²) in [6.45, 7) is 4.16. The van der Waals surface area contributed by atoms with Crippen LogP contribution in [0.3, 0.4) is 0 Å². The molecule has 0 bridgehead atoms. The molecule has 61 heavy (non-hydrogen) atoms. The molecule has 360 valence electrons. The van der Waals surface area contributed by atoms with Crippen LogP contribution in [-0.4, -0.2) is 36.4 Å². The van der Waals surface area contributed by atoms with Crippen molar-refractivity contribution in [2.45, 2.75) is 309 Å². The van der Waals surface area contributed by atoms with Crippen LogP contribution >= 0.6 is 0 Å². The van der Waals surface area contributed by atoms with Gasteiger partial charge in [-0.3, -0.25) is 9.59 Å². The highest BCUT2D eigenvalue weighted by atomic mass is 16.6. The minimum Gasteiger partial charge on any atom is -0.462 e. The van der Waals surface area contributed by atoms with Gasteiger partial charge < -0.3 is 14.6 Å². The largest absolute Gasteiger partial charge is 0.462 e. The van der Waals surface area contributed by atoms with Gasteiger partial charge in [-0.25, -0.2) is 0 Å². The molecule has 0 amide bonds. The summed E-state index contributed by atoms with van der Waals surface area (Å²) < 4.78 is 10.7. The molecule has 5 nitrogen and oxygen atoms in total. The summed E-state index contributed by atoms with van der Waals surface area (Å²) in [5.41, 5.74) is 0. The Morgan fingerprint density at radius 1 is 0.361 bits per heavy atom. The molecule has 0 saturated carbocycles. The van der Waals surface area contributed by atoms with Gasteiger partial charge in [-0.1, -0.05) is 250 Å². The lowest BCUT2D eigenvalue weighted by atomic mass is 10.0. The highest BCUT2D eigenvalue weighted by Crippen LogP contribution is 2.17. The van der Waals surface area contributed by atoms with Crippen molar-refractivity contribution in [1.82, 2.24) is 0 Å². The van der Waals surface area contributed by atoms with E-state index in [0.29, 0.717) is 12.8 Å². The lowest BCUT2D eigenvalue weighted by Crippen LogP contribution is -2.28. The molecule has 1 atom stereocenters. The number of ether oxygens (including phenoxy) is 2. The molecule has 0 saturated heterocycles. The second kappa shape index (κ2) is 52.7. The number of aliphatic hydroxyl groups is 1. The number of carbonyl (C=O) groups is 2. The first kappa shape index (κ1) is 59.4. The number of carbonyl (C=O) groups excluding carboxylic acids is 2. The molecule has 0 radical (unpaired) electrons. The Hall–Kier alpha value is -1.62. The molecule has 0 heterocycles. The highest BCUT2D eigenvalue weighted by molar-refractivity contribution is 5.70. The Kier molecular flexibility index (Phi) is 51.3. The molecular weight excluding hydrogens is 753 g/mol. The zero-order valence-corrected chi connectivity index (χ0v) is 41.2. The summed E-state index contributed by atoms with van der Waals surface area (Å²) >= 11 is 0. The maximum absolute atomic E-state index is 12.3. The van der Waals surface area contributed by atoms with Crippen molar-refractivity contribution in [2.24, 2.45) is 0 Å². The molecule has 0 aliphatic rings. The Bertz CT molecular complexity index is 928. The van der Waals surface area contributed by atoms with E-state index in [2.05, 4.69) is 38.2 Å². The van der Waals surface area contributed by atoms with Gasteiger partial charge in [-0.15, -0.1) is 0 Å². The van der Waals surface area contributed by atoms with Crippen molar-refractivity contribution in [3.8, 4) is 0 Å². The molecule has 0 aliphatic heterocycles. The molecule has 5 heteroatoms. The van der Waals surface area contributed by atoms with Gasteiger partial charge in [0.25, 0.3) is 0 Å². The smallest absolute Gasteiger partial charge is 0.306 e. The van der Waals surface area contributed by atoms with Crippen LogP contribution in [0.25, 0.3) is 0 Å². The van der Waals surface area contributed by atoms with E-state index < -0.39 is 6.10 Å². The Morgan fingerprint density at radius 2 is 0.607 bits per heavy atom. The van der Waals surface area contributed by atoms with Crippen LogP contribution in [-0.2, 0) is 19.1 Å². The van der Waals surface area contributed by atoms with Crippen molar-refractivity contribution in [1.29, 1.82) is 0 Å². The minimum atomic E-state index is -0.771. The SMILES string of the molecule is CCCCCCC/C=C\CCCCCCCC(=O)OCC(CO)OC(=O)CCCCCCCCCCCCCCCCCCCCCCC/C=C\CCCCCCCCCC. The molecule has 0 fully saturated rings. The number of allylic oxidation sites excluding steroid dienone is 4. The van der Waals surface area contributed by atoms with Crippen molar-refractivity contribution in [3.05, 3.63) is 24.3 Å². The first-order valence-corrected chi connectivity index (χ1v) is 27.4. The van der Waals surface area contributed by atoms with E-state index in [9.17, 15) is 14.7 Å². The first-order chi connectivity index (χ1) is 30.1. The van der Waals surface area contributed by atoms with E-state index >= 15 is 0 Å². The Morgan fingerprint density at radius 3 is 0.885 bits per heavy atom. The van der Waals surface area contributed by atoms with E-state index in [-0.39, 0.29) is 25.2 Å². The summed E-state index contributed by atoms with van der Waals surface area (Å²) in [6, 6.07) is 0. The first-order valence-electron chi connectivity index (χ1n) is 27.4. The quantitative estimate of drug-likeness (QED) is 0.0375. The number of rotatable bonds is 51. The van der Waals surface area contributed by atoms with Crippen molar-refractivity contribution in [2.75, 3.05) is 13.2 Å². The normalized spacial score (nSPS) is 12.2. The highest BCUT2D eigenvalue weighted by Gasteiger charge is 2.16. The summed E-state index contributed by atoms with van der Waals surface area (Å²) in [5.74, 6) is -0.586. The van der Waals surface area contributed by atoms with Crippen LogP contribution in [0, 0.1) is 0 Å². The molecule has 0 aliphatic carbocycles. The molecule has 0 aromatic rings. The van der Waals surface area contributed by atoms with Crippen LogP contribution in [0.4, 0.5) is 0 Å². The van der Waals surface area contributed by atoms with Gasteiger partial charge in [0.15, 0.2) is 6.10 Å². The number of hydrogen-bond acceptors (Lipinski definition) is 5. The van der Waals surface area contributed by atoms with Crippen LogP contribution in [0.5, 0.6) is 0 Å². The number of hydrogen-bond donors (Lipinski definition) is 1. The fourth-order valence-corrected chi connectivity index (χ4v) is 8.31. The van der Waals surface area contributed by atoms with Crippen LogP contribution < -0.4 is 0 Å². The van der Waals surface area contributed by atoms with Crippen molar-refractivity contribution >= 4 is 11.9 Å². The van der Waals surface area contributed by atoms with Crippen LogP contribution in [0.1, 0.15) is 303 Å². The standard InChI is InChI=1S/C56H106O5/c1-3-5-7-9-11-13-15-17-19-20-21-22-23-24-25-26-27-28-29-30-31-32-33-34-35-36-37-39-41-43-45-47-49-51-56(59)61-54(52-57)53-60-55(58)50-48-46-44-42-40-38-18-16-14-12-10-8-6-4-2/h16,18,20-21,54,57H,3-15,17,19,22-53H2,1-2H3/b18-16-,21-20-. The molecule has 0 spiro atoms. The summed E-state index contributed by atoms with van der Waals surface area (Å²) in [7, 11) is 0. The average molecular weight is 859 g/mol. The van der Waals surface area contributed by atoms with Gasteiger partial charge in [0.2, 0.25) is 0 Å². The maximum atomic E-state index is 12.3. The van der Waals surface area contributed by atoms with Crippen molar-refractivity contribution in [3.63, 3.8) is 0 Å². The zero-order valence-electron chi connectivity index (χ0n) is 41.2.